The molecule has 1 aromatic rings. The fourth-order valence-corrected chi connectivity index (χ4v) is 3.02. The highest BCUT2D eigenvalue weighted by atomic mass is 35.5. The van der Waals surface area contributed by atoms with Gasteiger partial charge in [-0.15, -0.1) is 0 Å². The van der Waals surface area contributed by atoms with Gasteiger partial charge in [-0.3, -0.25) is 10.1 Å². The van der Waals surface area contributed by atoms with Crippen LogP contribution in [0.25, 0.3) is 0 Å². The van der Waals surface area contributed by atoms with Crippen LogP contribution < -0.4 is 0 Å². The Morgan fingerprint density at radius 1 is 1.42 bits per heavy atom. The summed E-state index contributed by atoms with van der Waals surface area (Å²) in [4.78, 5) is 9.92. The van der Waals surface area contributed by atoms with Gasteiger partial charge in [0.05, 0.1) is 4.92 Å². The normalized spacial score (nSPS) is 16.6. The summed E-state index contributed by atoms with van der Waals surface area (Å²) >= 11 is 5.94. The van der Waals surface area contributed by atoms with Gasteiger partial charge < -0.3 is 5.11 Å². The molecule has 0 fully saturated rings. The third-order valence-corrected chi connectivity index (χ3v) is 6.01. The zero-order chi connectivity index (χ0) is 14.8. The zero-order valence-electron chi connectivity index (χ0n) is 10.4. The number of nitrogens with zero attached hydrogens (tertiary/aromatic N) is 1. The standard InChI is InChI=1S/C11H14ClNO5S/c1-3-19(17,18)11(2,12)10(14)8-4-6-9(7-5-8)13(15)16/h4-7,10,14H,3H2,1-2H3. The van der Waals surface area contributed by atoms with E-state index in [0.717, 1.165) is 0 Å². The van der Waals surface area contributed by atoms with Crippen LogP contribution in [0.15, 0.2) is 24.3 Å². The molecule has 2 unspecified atom stereocenters. The van der Waals surface area contributed by atoms with E-state index in [2.05, 4.69) is 0 Å². The van der Waals surface area contributed by atoms with Crippen molar-refractivity contribution in [2.24, 2.45) is 0 Å². The second-order valence-electron chi connectivity index (χ2n) is 4.14. The minimum atomic E-state index is -3.69. The maximum atomic E-state index is 11.8. The van der Waals surface area contributed by atoms with Crippen LogP contribution in [0.1, 0.15) is 25.5 Å². The van der Waals surface area contributed by atoms with Crippen molar-refractivity contribution in [1.82, 2.24) is 0 Å². The Bertz CT molecular complexity index is 567. The van der Waals surface area contributed by atoms with Gasteiger partial charge in [0, 0.05) is 17.9 Å². The van der Waals surface area contributed by atoms with E-state index in [-0.39, 0.29) is 17.0 Å². The number of aliphatic hydroxyl groups excluding tert-OH is 1. The summed E-state index contributed by atoms with van der Waals surface area (Å²) in [6.07, 6.45) is -1.47. The van der Waals surface area contributed by atoms with E-state index in [1.807, 2.05) is 0 Å². The summed E-state index contributed by atoms with van der Waals surface area (Å²) in [5.41, 5.74) is 0.0608. The Morgan fingerprint density at radius 3 is 2.26 bits per heavy atom. The quantitative estimate of drug-likeness (QED) is 0.510. The van der Waals surface area contributed by atoms with Crippen LogP contribution in [0, 0.1) is 10.1 Å². The molecule has 0 aliphatic carbocycles. The largest absolute Gasteiger partial charge is 0.385 e. The van der Waals surface area contributed by atoms with E-state index in [9.17, 15) is 23.6 Å². The Labute approximate surface area is 116 Å². The lowest BCUT2D eigenvalue weighted by Gasteiger charge is -2.27. The molecule has 19 heavy (non-hydrogen) atoms. The molecule has 0 amide bonds. The first-order chi connectivity index (χ1) is 8.63. The minimum Gasteiger partial charge on any atom is -0.385 e. The van der Waals surface area contributed by atoms with E-state index in [0.29, 0.717) is 0 Å². The number of halogens is 1. The summed E-state index contributed by atoms with van der Waals surface area (Å²) in [7, 11) is -3.69. The van der Waals surface area contributed by atoms with Crippen molar-refractivity contribution >= 4 is 27.1 Å². The highest BCUT2D eigenvalue weighted by molar-refractivity contribution is 7.94. The van der Waals surface area contributed by atoms with Crippen LogP contribution in [0.4, 0.5) is 5.69 Å². The van der Waals surface area contributed by atoms with Gasteiger partial charge in [0.1, 0.15) is 6.10 Å². The van der Waals surface area contributed by atoms with Crippen molar-refractivity contribution < 1.29 is 18.4 Å². The molecule has 0 spiro atoms. The molecule has 0 aromatic heterocycles. The number of sulfone groups is 1. The summed E-state index contributed by atoms with van der Waals surface area (Å²) in [5.74, 6) is -0.211. The number of hydrogen-bond donors (Lipinski definition) is 1. The molecule has 0 bridgehead atoms. The summed E-state index contributed by atoms with van der Waals surface area (Å²) < 4.78 is 21.7. The summed E-state index contributed by atoms with van der Waals surface area (Å²) in [6, 6.07) is 4.94. The lowest BCUT2D eigenvalue weighted by Crippen LogP contribution is -2.37. The number of alkyl halides is 1. The first kappa shape index (κ1) is 15.9. The smallest absolute Gasteiger partial charge is 0.269 e. The second kappa shape index (κ2) is 5.44. The Hall–Kier alpha value is -1.18. The first-order valence-corrected chi connectivity index (χ1v) is 7.50. The van der Waals surface area contributed by atoms with Crippen LogP contribution >= 0.6 is 11.6 Å². The van der Waals surface area contributed by atoms with Gasteiger partial charge in [-0.25, -0.2) is 8.42 Å². The van der Waals surface area contributed by atoms with E-state index in [4.69, 9.17) is 11.6 Å². The van der Waals surface area contributed by atoms with Crippen molar-refractivity contribution in [3.05, 3.63) is 39.9 Å². The fraction of sp³-hybridized carbons (Fsp3) is 0.455. The molecular weight excluding hydrogens is 294 g/mol. The van der Waals surface area contributed by atoms with Crippen molar-refractivity contribution in [3.63, 3.8) is 0 Å². The molecule has 6 nitrogen and oxygen atoms in total. The number of rotatable bonds is 5. The van der Waals surface area contributed by atoms with Crippen molar-refractivity contribution in [2.45, 2.75) is 24.2 Å². The van der Waals surface area contributed by atoms with Gasteiger partial charge in [-0.05, 0) is 24.6 Å². The first-order valence-electron chi connectivity index (χ1n) is 5.47. The van der Waals surface area contributed by atoms with Gasteiger partial charge in [0.2, 0.25) is 0 Å². The summed E-state index contributed by atoms with van der Waals surface area (Å²) in [5, 5.41) is 20.6. The number of hydrogen-bond acceptors (Lipinski definition) is 5. The molecule has 0 saturated heterocycles. The fourth-order valence-electron chi connectivity index (χ4n) is 1.53. The Morgan fingerprint density at radius 2 is 1.89 bits per heavy atom. The molecule has 0 radical (unpaired) electrons. The third kappa shape index (κ3) is 3.05. The molecule has 1 N–H and O–H groups in total. The van der Waals surface area contributed by atoms with Crippen molar-refractivity contribution in [1.29, 1.82) is 0 Å². The van der Waals surface area contributed by atoms with Crippen molar-refractivity contribution in [3.8, 4) is 0 Å². The second-order valence-corrected chi connectivity index (χ2v) is 7.80. The highest BCUT2D eigenvalue weighted by Crippen LogP contribution is 2.37. The molecule has 0 aliphatic heterocycles. The molecule has 2 atom stereocenters. The minimum absolute atomic E-state index is 0.148. The predicted octanol–water partition coefficient (Wildman–Crippen LogP) is 2.02. The van der Waals surface area contributed by atoms with Gasteiger partial charge in [0.15, 0.2) is 14.0 Å². The Balaban J connectivity index is 3.13. The lowest BCUT2D eigenvalue weighted by molar-refractivity contribution is -0.384. The van der Waals surface area contributed by atoms with E-state index in [1.165, 1.54) is 38.1 Å². The van der Waals surface area contributed by atoms with Gasteiger partial charge in [-0.2, -0.15) is 0 Å². The van der Waals surface area contributed by atoms with E-state index in [1.54, 1.807) is 0 Å². The van der Waals surface area contributed by atoms with Crippen LogP contribution in [0.5, 0.6) is 0 Å². The lowest BCUT2D eigenvalue weighted by atomic mass is 10.1. The highest BCUT2D eigenvalue weighted by Gasteiger charge is 2.43. The van der Waals surface area contributed by atoms with E-state index >= 15 is 0 Å². The van der Waals surface area contributed by atoms with E-state index < -0.39 is 25.1 Å². The van der Waals surface area contributed by atoms with Crippen LogP contribution in [-0.2, 0) is 9.84 Å². The average Bonchev–Trinajstić information content (AvgIpc) is 2.37. The number of nitro groups is 1. The van der Waals surface area contributed by atoms with Crippen molar-refractivity contribution in [2.75, 3.05) is 5.75 Å². The Kier molecular flexibility index (Phi) is 4.54. The molecule has 0 saturated carbocycles. The van der Waals surface area contributed by atoms with Gasteiger partial charge in [0.25, 0.3) is 5.69 Å². The van der Waals surface area contributed by atoms with Gasteiger partial charge >= 0.3 is 0 Å². The average molecular weight is 308 g/mol. The molecule has 0 aliphatic rings. The SMILES string of the molecule is CCS(=O)(=O)C(C)(Cl)C(O)c1ccc([N+](=O)[O-])cc1. The number of non-ortho nitro benzene ring substituents is 1. The molecule has 1 rings (SSSR count). The monoisotopic (exact) mass is 307 g/mol. The maximum Gasteiger partial charge on any atom is 0.269 e. The third-order valence-electron chi connectivity index (χ3n) is 2.90. The molecular formula is C11H14ClNO5S. The maximum absolute atomic E-state index is 11.8. The number of nitro benzene ring substituents is 1. The number of benzene rings is 1. The topological polar surface area (TPSA) is 97.5 Å². The zero-order valence-corrected chi connectivity index (χ0v) is 12.0. The van der Waals surface area contributed by atoms with Gasteiger partial charge in [-0.1, -0.05) is 18.5 Å². The summed E-state index contributed by atoms with van der Waals surface area (Å²) in [6.45, 7) is 2.64. The molecule has 8 heteroatoms. The van der Waals surface area contributed by atoms with Crippen LogP contribution in [0.2, 0.25) is 0 Å². The number of aliphatic hydroxyl groups is 1. The van der Waals surface area contributed by atoms with Crippen LogP contribution in [0.3, 0.4) is 0 Å². The molecule has 0 heterocycles. The molecule has 106 valence electrons. The molecule has 1 aromatic carbocycles. The predicted molar refractivity (Wildman–Crippen MR) is 71.8 cm³/mol. The van der Waals surface area contributed by atoms with Crippen LogP contribution in [-0.4, -0.2) is 28.4 Å².